The maximum atomic E-state index is 12.7. The minimum absolute atomic E-state index is 0.0733. The van der Waals surface area contributed by atoms with Gasteiger partial charge in [-0.1, -0.05) is 25.3 Å². The number of carbonyl (C=O) groups is 2. The smallest absolute Gasteiger partial charge is 0.309 e. The maximum Gasteiger partial charge on any atom is 0.309 e. The minimum Gasteiger partial charge on any atom is -0.346 e. The van der Waals surface area contributed by atoms with Gasteiger partial charge in [-0.05, 0) is 37.1 Å². The maximum absolute atomic E-state index is 12.7. The van der Waals surface area contributed by atoms with E-state index in [4.69, 9.17) is 0 Å². The molecular weight excluding hydrogens is 374 g/mol. The highest BCUT2D eigenvalue weighted by Gasteiger charge is 2.36. The average Bonchev–Trinajstić information content (AvgIpc) is 3.32. The second kappa shape index (κ2) is 8.49. The molecule has 7 nitrogen and oxygen atoms in total. The van der Waals surface area contributed by atoms with Crippen LogP contribution in [-0.4, -0.2) is 49.7 Å². The van der Waals surface area contributed by atoms with E-state index in [-0.39, 0.29) is 18.6 Å². The van der Waals surface area contributed by atoms with Crippen molar-refractivity contribution in [2.24, 2.45) is 0 Å². The average molecular weight is 400 g/mol. The molecule has 0 unspecified atom stereocenters. The van der Waals surface area contributed by atoms with Crippen LogP contribution in [0.2, 0.25) is 0 Å². The van der Waals surface area contributed by atoms with Gasteiger partial charge in [-0.2, -0.15) is 4.31 Å². The van der Waals surface area contributed by atoms with Gasteiger partial charge in [0.25, 0.3) is 10.0 Å². The molecule has 2 amide bonds. The molecule has 3 rings (SSSR count). The predicted octanol–water partition coefficient (Wildman–Crippen LogP) is 1.47. The van der Waals surface area contributed by atoms with E-state index in [1.807, 2.05) is 0 Å². The molecule has 0 bridgehead atoms. The highest BCUT2D eigenvalue weighted by Crippen LogP contribution is 2.28. The van der Waals surface area contributed by atoms with Crippen LogP contribution in [0.5, 0.6) is 0 Å². The summed E-state index contributed by atoms with van der Waals surface area (Å²) in [7, 11) is -3.54. The molecule has 0 radical (unpaired) electrons. The molecule has 1 saturated carbocycles. The Labute approximate surface area is 158 Å². The highest BCUT2D eigenvalue weighted by molar-refractivity contribution is 7.91. The molecular formula is C17H25N3O4S2. The number of sulfonamides is 1. The number of rotatable bonds is 5. The molecule has 2 N–H and O–H groups in total. The van der Waals surface area contributed by atoms with Crippen LogP contribution < -0.4 is 10.6 Å². The number of nitrogens with one attached hydrogen (secondary N) is 2. The van der Waals surface area contributed by atoms with Crippen molar-refractivity contribution in [1.82, 2.24) is 14.9 Å². The summed E-state index contributed by atoms with van der Waals surface area (Å²) in [6.45, 7) is 0.594. The van der Waals surface area contributed by atoms with Gasteiger partial charge in [-0.25, -0.2) is 8.42 Å². The van der Waals surface area contributed by atoms with Crippen LogP contribution in [0, 0.1) is 0 Å². The van der Waals surface area contributed by atoms with Gasteiger partial charge in [0, 0.05) is 25.2 Å². The molecule has 0 aromatic carbocycles. The van der Waals surface area contributed by atoms with E-state index in [0.717, 1.165) is 32.1 Å². The Hall–Kier alpha value is -1.45. The minimum atomic E-state index is -3.54. The zero-order valence-electron chi connectivity index (χ0n) is 14.6. The summed E-state index contributed by atoms with van der Waals surface area (Å²) in [6.07, 6.45) is 6.57. The zero-order valence-corrected chi connectivity index (χ0v) is 16.3. The molecule has 144 valence electrons. The molecule has 1 atom stereocenters. The molecule has 26 heavy (non-hydrogen) atoms. The van der Waals surface area contributed by atoms with Crippen molar-refractivity contribution in [2.75, 3.05) is 13.1 Å². The van der Waals surface area contributed by atoms with E-state index < -0.39 is 21.8 Å². The largest absolute Gasteiger partial charge is 0.346 e. The number of nitrogens with zero attached hydrogens (tertiary/aromatic N) is 1. The third-order valence-corrected chi connectivity index (χ3v) is 8.35. The number of thiophene rings is 1. The highest BCUT2D eigenvalue weighted by atomic mass is 32.2. The van der Waals surface area contributed by atoms with Crippen LogP contribution in [0.15, 0.2) is 21.7 Å². The van der Waals surface area contributed by atoms with E-state index in [9.17, 15) is 18.0 Å². The topological polar surface area (TPSA) is 95.6 Å². The summed E-state index contributed by atoms with van der Waals surface area (Å²) < 4.78 is 27.1. The van der Waals surface area contributed by atoms with Gasteiger partial charge in [0.1, 0.15) is 4.21 Å². The van der Waals surface area contributed by atoms with Crippen molar-refractivity contribution in [1.29, 1.82) is 0 Å². The molecule has 2 heterocycles. The summed E-state index contributed by atoms with van der Waals surface area (Å²) in [4.78, 5) is 24.1. The van der Waals surface area contributed by atoms with E-state index in [0.29, 0.717) is 17.2 Å². The van der Waals surface area contributed by atoms with E-state index in [2.05, 4.69) is 10.6 Å². The van der Waals surface area contributed by atoms with Gasteiger partial charge < -0.3 is 10.6 Å². The Morgan fingerprint density at radius 2 is 1.88 bits per heavy atom. The second-order valence-corrected chi connectivity index (χ2v) is 9.93. The summed E-state index contributed by atoms with van der Waals surface area (Å²) in [5.41, 5.74) is 0. The SMILES string of the molecule is O=C(NC[C@H]1CCCN1S(=O)(=O)c1cccs1)C(=O)NC1CCCCC1. The first kappa shape index (κ1) is 19.3. The molecule has 1 aromatic rings. The lowest BCUT2D eigenvalue weighted by Gasteiger charge is -2.24. The summed E-state index contributed by atoms with van der Waals surface area (Å²) >= 11 is 1.19. The lowest BCUT2D eigenvalue weighted by Crippen LogP contribution is -2.49. The molecule has 1 aliphatic carbocycles. The van der Waals surface area contributed by atoms with Gasteiger partial charge in [-0.3, -0.25) is 9.59 Å². The van der Waals surface area contributed by atoms with Crippen molar-refractivity contribution < 1.29 is 18.0 Å². The van der Waals surface area contributed by atoms with Crippen LogP contribution in [0.4, 0.5) is 0 Å². The Kier molecular flexibility index (Phi) is 6.31. The second-order valence-electron chi connectivity index (χ2n) is 6.86. The summed E-state index contributed by atoms with van der Waals surface area (Å²) in [5, 5.41) is 7.12. The van der Waals surface area contributed by atoms with Crippen molar-refractivity contribution in [3.05, 3.63) is 17.5 Å². The molecule has 2 fully saturated rings. The van der Waals surface area contributed by atoms with E-state index in [1.165, 1.54) is 22.1 Å². The first-order valence-corrected chi connectivity index (χ1v) is 11.4. The monoisotopic (exact) mass is 399 g/mol. The van der Waals surface area contributed by atoms with Gasteiger partial charge in [-0.15, -0.1) is 11.3 Å². The fraction of sp³-hybridized carbons (Fsp3) is 0.647. The lowest BCUT2D eigenvalue weighted by molar-refractivity contribution is -0.139. The molecule has 0 spiro atoms. The molecule has 1 aromatic heterocycles. The van der Waals surface area contributed by atoms with Gasteiger partial charge in [0.15, 0.2) is 0 Å². The first-order chi connectivity index (χ1) is 12.5. The Morgan fingerprint density at radius 1 is 1.12 bits per heavy atom. The van der Waals surface area contributed by atoms with Gasteiger partial charge >= 0.3 is 11.8 Å². The van der Waals surface area contributed by atoms with E-state index in [1.54, 1.807) is 17.5 Å². The first-order valence-electron chi connectivity index (χ1n) is 9.12. The molecule has 9 heteroatoms. The Bertz CT molecular complexity index is 727. The lowest BCUT2D eigenvalue weighted by atomic mass is 9.95. The fourth-order valence-electron chi connectivity index (χ4n) is 3.64. The molecule has 2 aliphatic rings. The number of amides is 2. The standard InChI is InChI=1S/C17H25N3O4S2/c21-16(17(22)19-13-6-2-1-3-7-13)18-12-14-8-4-10-20(14)26(23,24)15-9-5-11-25-15/h5,9,11,13-14H,1-4,6-8,10,12H2,(H,18,21)(H,19,22)/t14-/m1/s1. The van der Waals surface area contributed by atoms with Crippen molar-refractivity contribution in [3.63, 3.8) is 0 Å². The van der Waals surface area contributed by atoms with Crippen molar-refractivity contribution >= 4 is 33.2 Å². The van der Waals surface area contributed by atoms with Crippen molar-refractivity contribution in [2.45, 2.75) is 61.2 Å². The number of hydrogen-bond donors (Lipinski definition) is 2. The quantitative estimate of drug-likeness (QED) is 0.733. The van der Waals surface area contributed by atoms with Crippen LogP contribution in [0.3, 0.4) is 0 Å². The van der Waals surface area contributed by atoms with Crippen LogP contribution in [0.25, 0.3) is 0 Å². The Balaban J connectivity index is 1.53. The van der Waals surface area contributed by atoms with Gasteiger partial charge in [0.05, 0.1) is 0 Å². The summed E-state index contributed by atoms with van der Waals surface area (Å²) in [6, 6.07) is 3.06. The van der Waals surface area contributed by atoms with Crippen LogP contribution in [0.1, 0.15) is 44.9 Å². The van der Waals surface area contributed by atoms with Crippen molar-refractivity contribution in [3.8, 4) is 0 Å². The third kappa shape index (κ3) is 4.44. The normalized spacial score (nSPS) is 22.2. The van der Waals surface area contributed by atoms with Crippen LogP contribution in [-0.2, 0) is 19.6 Å². The van der Waals surface area contributed by atoms with Crippen LogP contribution >= 0.6 is 11.3 Å². The van der Waals surface area contributed by atoms with E-state index >= 15 is 0 Å². The predicted molar refractivity (Wildman–Crippen MR) is 99.3 cm³/mol. The number of hydrogen-bond acceptors (Lipinski definition) is 5. The zero-order chi connectivity index (χ0) is 18.6. The number of carbonyl (C=O) groups excluding carboxylic acids is 2. The molecule has 1 aliphatic heterocycles. The fourth-order valence-corrected chi connectivity index (χ4v) is 6.46. The third-order valence-electron chi connectivity index (χ3n) is 5.03. The summed E-state index contributed by atoms with van der Waals surface area (Å²) in [5.74, 6) is -1.31. The van der Waals surface area contributed by atoms with Gasteiger partial charge in [0.2, 0.25) is 0 Å². The molecule has 1 saturated heterocycles. The Morgan fingerprint density at radius 3 is 2.58 bits per heavy atom.